The van der Waals surface area contributed by atoms with Gasteiger partial charge in [-0.25, -0.2) is 0 Å². The van der Waals surface area contributed by atoms with E-state index < -0.39 is 0 Å². The van der Waals surface area contributed by atoms with E-state index in [1.165, 1.54) is 50.4 Å². The molecule has 0 amide bonds. The van der Waals surface area contributed by atoms with Crippen LogP contribution in [-0.2, 0) is 22.4 Å². The first-order chi connectivity index (χ1) is 22.2. The van der Waals surface area contributed by atoms with Crippen molar-refractivity contribution in [2.24, 2.45) is 0 Å². The maximum absolute atomic E-state index is 4.40. The van der Waals surface area contributed by atoms with Gasteiger partial charge in [0.15, 0.2) is 0 Å². The van der Waals surface area contributed by atoms with Gasteiger partial charge in [0.1, 0.15) is 0 Å². The van der Waals surface area contributed by atoms with E-state index in [9.17, 15) is 0 Å². The summed E-state index contributed by atoms with van der Waals surface area (Å²) >= 11 is 0. The van der Waals surface area contributed by atoms with Gasteiger partial charge in [-0.05, 0) is 49.1 Å². The molecule has 6 aromatic rings. The molecule has 0 atom stereocenters. The number of pyridine rings is 1. The molecule has 4 nitrogen and oxygen atoms in total. The summed E-state index contributed by atoms with van der Waals surface area (Å²) < 4.78 is 4.64. The molecule has 7 rings (SSSR count). The fraction of sp³-hybridized carbons (Fsp3) is 0.286. The van der Waals surface area contributed by atoms with Gasteiger partial charge in [-0.15, -0.1) is 0 Å². The number of hydrogen-bond donors (Lipinski definition) is 0. The normalized spacial score (nSPS) is 12.3. The molecule has 242 valence electrons. The Balaban J connectivity index is 0.000000256. The Hall–Kier alpha value is -4.05. The third kappa shape index (κ3) is 6.57. The number of hydrogen-bond acceptors (Lipinski definition) is 1. The van der Waals surface area contributed by atoms with Gasteiger partial charge in [-0.3, -0.25) is 0 Å². The summed E-state index contributed by atoms with van der Waals surface area (Å²) in [6, 6.07) is 38.2. The van der Waals surface area contributed by atoms with Gasteiger partial charge in [0.2, 0.25) is 11.4 Å². The van der Waals surface area contributed by atoms with Gasteiger partial charge in [0.25, 0.3) is 11.4 Å². The van der Waals surface area contributed by atoms with Crippen LogP contribution in [0.3, 0.4) is 0 Å². The van der Waals surface area contributed by atoms with E-state index in [2.05, 4.69) is 153 Å². The zero-order valence-electron chi connectivity index (χ0n) is 28.7. The smallest absolute Gasteiger partial charge is 0.442 e. The molecule has 0 radical (unpaired) electrons. The number of aromatic nitrogens is 2. The van der Waals surface area contributed by atoms with E-state index in [-0.39, 0.29) is 22.4 Å². The maximum Gasteiger partial charge on any atom is 1.00 e. The monoisotopic (exact) mass is 802 g/mol. The van der Waals surface area contributed by atoms with E-state index in [0.717, 1.165) is 16.6 Å². The number of fused-ring (bicyclic) bond motifs is 4. The van der Waals surface area contributed by atoms with Crippen LogP contribution in [0.1, 0.15) is 101 Å². The molecule has 0 bridgehead atoms. The third-order valence-corrected chi connectivity index (χ3v) is 8.90. The predicted molar refractivity (Wildman–Crippen MR) is 196 cm³/mol. The second kappa shape index (κ2) is 14.4. The first-order valence-electron chi connectivity index (χ1n) is 16.6. The summed E-state index contributed by atoms with van der Waals surface area (Å²) in [6.07, 6.45) is 1.77. The molecule has 0 aliphatic carbocycles. The van der Waals surface area contributed by atoms with Crippen LogP contribution in [-0.4, -0.2) is 11.0 Å². The Morgan fingerprint density at radius 3 is 1.40 bits per heavy atom. The van der Waals surface area contributed by atoms with E-state index in [1.807, 2.05) is 24.3 Å². The average molecular weight is 803 g/mol. The van der Waals surface area contributed by atoms with Gasteiger partial charge in [-0.2, -0.15) is 0 Å². The number of rotatable bonds is 6. The van der Waals surface area contributed by atoms with Crippen molar-refractivity contribution in [2.75, 3.05) is 0 Å². The number of benzene rings is 4. The number of para-hydroxylation sites is 5. The van der Waals surface area contributed by atoms with Crippen LogP contribution < -0.4 is 14.1 Å². The van der Waals surface area contributed by atoms with Crippen molar-refractivity contribution >= 4 is 50.7 Å². The molecule has 0 spiro atoms. The van der Waals surface area contributed by atoms with Crippen molar-refractivity contribution in [3.63, 3.8) is 0 Å². The Kier molecular flexibility index (Phi) is 10.5. The summed E-state index contributed by atoms with van der Waals surface area (Å²) in [5.74, 6) is 1.71. The third-order valence-electron chi connectivity index (χ3n) is 8.90. The van der Waals surface area contributed by atoms with Crippen molar-refractivity contribution in [3.05, 3.63) is 126 Å². The molecular weight excluding hydrogens is 757 g/mol. The minimum atomic E-state index is 0. The van der Waals surface area contributed by atoms with Crippen LogP contribution in [0, 0.1) is 0 Å². The second-order valence-electron chi connectivity index (χ2n) is 13.5. The molecule has 0 unspecified atom stereocenters. The Labute approximate surface area is 295 Å². The molecule has 2 aromatic heterocycles. The standard InChI is InChI=1S/C31H38N2.C11H7N2.Au/c1-20(2)24-13-11-14-25(21(3)4)30(24)32-19-33(29-18-10-9-17-28(29)32)31-26(22(5)6)15-12-16-27(31)23(7)8;1-2-6-10-8(4-1)9-5-3-7-12-11(9)13-10;/h9-18,20-23H,1-8H3;1-7H;/q+2;-1;+1. The molecule has 0 N–H and O–H groups in total. The van der Waals surface area contributed by atoms with Crippen molar-refractivity contribution in [3.8, 4) is 0 Å². The van der Waals surface area contributed by atoms with Gasteiger partial charge < -0.3 is 9.97 Å². The molecule has 5 heteroatoms. The SMILES string of the molecule is CC(C)c1cccc(C(C)C)c1[N+]1=C=[N+](c2c(C(C)C)cccc2C(C)C)c2ccccc21.[Au+].c1ccc2c(c1)[n-]c1ncccc12. The fourth-order valence-electron chi connectivity index (χ4n) is 6.54. The van der Waals surface area contributed by atoms with Gasteiger partial charge >= 0.3 is 28.4 Å². The van der Waals surface area contributed by atoms with Gasteiger partial charge in [0, 0.05) is 34.4 Å². The zero-order valence-corrected chi connectivity index (χ0v) is 30.9. The molecule has 0 saturated heterocycles. The Bertz CT molecular complexity index is 1910. The molecule has 4 aromatic carbocycles. The largest absolute Gasteiger partial charge is 1.00 e. The van der Waals surface area contributed by atoms with Crippen molar-refractivity contribution in [2.45, 2.75) is 79.1 Å². The Morgan fingerprint density at radius 2 is 0.936 bits per heavy atom. The van der Waals surface area contributed by atoms with Crippen LogP contribution in [0.15, 0.2) is 103 Å². The quantitative estimate of drug-likeness (QED) is 0.124. The molecule has 0 saturated carbocycles. The predicted octanol–water partition coefficient (Wildman–Crippen LogP) is 11.4. The summed E-state index contributed by atoms with van der Waals surface area (Å²) in [7, 11) is 0. The second-order valence-corrected chi connectivity index (χ2v) is 13.5. The van der Waals surface area contributed by atoms with Crippen LogP contribution >= 0.6 is 0 Å². The van der Waals surface area contributed by atoms with E-state index >= 15 is 0 Å². The van der Waals surface area contributed by atoms with E-state index in [1.54, 1.807) is 6.20 Å². The van der Waals surface area contributed by atoms with Crippen LogP contribution in [0.5, 0.6) is 0 Å². The van der Waals surface area contributed by atoms with Crippen LogP contribution in [0.2, 0.25) is 0 Å². The summed E-state index contributed by atoms with van der Waals surface area (Å²) in [4.78, 5) is 8.61. The fourth-order valence-corrected chi connectivity index (χ4v) is 6.54. The zero-order chi connectivity index (χ0) is 32.5. The van der Waals surface area contributed by atoms with Crippen LogP contribution in [0.25, 0.3) is 21.9 Å². The minimum Gasteiger partial charge on any atom is -0.442 e. The maximum atomic E-state index is 4.40. The first-order valence-corrected chi connectivity index (χ1v) is 16.6. The molecule has 1 aliphatic rings. The van der Waals surface area contributed by atoms with Crippen molar-refractivity contribution < 1.29 is 22.4 Å². The van der Waals surface area contributed by atoms with Gasteiger partial charge in [0.05, 0.1) is 0 Å². The molecule has 1 aliphatic heterocycles. The Morgan fingerprint density at radius 1 is 0.511 bits per heavy atom. The minimum absolute atomic E-state index is 0. The average Bonchev–Trinajstić information content (AvgIpc) is 3.63. The van der Waals surface area contributed by atoms with Crippen molar-refractivity contribution in [1.29, 1.82) is 0 Å². The van der Waals surface area contributed by atoms with E-state index in [0.29, 0.717) is 23.7 Å². The molecule has 3 heterocycles. The molecule has 47 heavy (non-hydrogen) atoms. The summed E-state index contributed by atoms with van der Waals surface area (Å²) in [5, 5.41) is 2.32. The first kappa shape index (κ1) is 34.3. The number of nitrogens with zero attached hydrogens (tertiary/aromatic N) is 4. The summed E-state index contributed by atoms with van der Waals surface area (Å²) in [5.41, 5.74) is 12.3. The van der Waals surface area contributed by atoms with E-state index in [4.69, 9.17) is 0 Å². The summed E-state index contributed by atoms with van der Waals surface area (Å²) in [6.45, 7) is 18.3. The van der Waals surface area contributed by atoms with Crippen molar-refractivity contribution in [1.82, 2.24) is 19.1 Å². The molecular formula is C42H45AuN4+2. The molecule has 0 fully saturated rings. The topological polar surface area (TPSA) is 33.0 Å². The van der Waals surface area contributed by atoms with Crippen LogP contribution in [0.4, 0.5) is 22.7 Å². The van der Waals surface area contributed by atoms with Gasteiger partial charge in [-0.1, -0.05) is 152 Å².